The lowest BCUT2D eigenvalue weighted by Gasteiger charge is -2.12. The number of amides is 2. The van der Waals surface area contributed by atoms with Crippen LogP contribution >= 0.6 is 11.6 Å². The van der Waals surface area contributed by atoms with Crippen LogP contribution in [0.15, 0.2) is 41.5 Å². The second kappa shape index (κ2) is 12.1. The zero-order chi connectivity index (χ0) is 22.6. The highest BCUT2D eigenvalue weighted by atomic mass is 35.5. The fraction of sp³-hybridized carbons (Fsp3) is 0.227. The van der Waals surface area contributed by atoms with Gasteiger partial charge in [0.15, 0.2) is 11.5 Å². The van der Waals surface area contributed by atoms with Crippen LogP contribution in [-0.4, -0.2) is 38.4 Å². The average Bonchev–Trinajstić information content (AvgIpc) is 2.73. The molecule has 0 aliphatic carbocycles. The molecule has 0 unspecified atom stereocenters. The molecule has 0 spiro atoms. The number of carbonyl (C=O) groups is 2. The molecule has 0 saturated heterocycles. The van der Waals surface area contributed by atoms with E-state index in [1.54, 1.807) is 36.4 Å². The molecule has 2 rings (SSSR count). The van der Waals surface area contributed by atoms with E-state index in [2.05, 4.69) is 21.8 Å². The van der Waals surface area contributed by atoms with Crippen LogP contribution in [0.2, 0.25) is 5.02 Å². The Morgan fingerprint density at radius 2 is 2.03 bits per heavy atom. The summed E-state index contributed by atoms with van der Waals surface area (Å²) >= 11 is 6.23. The molecule has 0 bridgehead atoms. The standard InChI is InChI=1S/C22H22ClN3O5/c1-4-9-31-22-18(23)10-15(11-19(22)30-5-2)14-24-26-21(28)13-20(27)25-16-7-6-8-17(12-16)29-3/h1,6-8,10-12,14H,5,9,13H2,2-3H3,(H,25,27)(H,26,28). The van der Waals surface area contributed by atoms with E-state index in [1.165, 1.54) is 13.3 Å². The summed E-state index contributed by atoms with van der Waals surface area (Å²) in [5, 5.41) is 6.75. The molecule has 0 saturated carbocycles. The molecule has 0 aliphatic rings. The highest BCUT2D eigenvalue weighted by molar-refractivity contribution is 6.32. The number of rotatable bonds is 10. The number of carbonyl (C=O) groups excluding carboxylic acids is 2. The van der Waals surface area contributed by atoms with E-state index in [9.17, 15) is 9.59 Å². The van der Waals surface area contributed by atoms with E-state index < -0.39 is 18.2 Å². The number of terminal acetylenes is 1. The minimum Gasteiger partial charge on any atom is -0.497 e. The largest absolute Gasteiger partial charge is 0.497 e. The smallest absolute Gasteiger partial charge is 0.249 e. The molecule has 0 fully saturated rings. The average molecular weight is 444 g/mol. The summed E-state index contributed by atoms with van der Waals surface area (Å²) in [6.45, 7) is 2.25. The molecular formula is C22H22ClN3O5. The van der Waals surface area contributed by atoms with Gasteiger partial charge in [0.2, 0.25) is 11.8 Å². The molecule has 2 aromatic carbocycles. The quantitative estimate of drug-likeness (QED) is 0.254. The highest BCUT2D eigenvalue weighted by Gasteiger charge is 2.12. The van der Waals surface area contributed by atoms with Gasteiger partial charge in [0.1, 0.15) is 18.8 Å². The van der Waals surface area contributed by atoms with Crippen molar-refractivity contribution in [2.24, 2.45) is 5.10 Å². The molecule has 0 aliphatic heterocycles. The van der Waals surface area contributed by atoms with Gasteiger partial charge in [-0.15, -0.1) is 6.42 Å². The first-order valence-corrected chi connectivity index (χ1v) is 9.63. The maximum absolute atomic E-state index is 12.0. The van der Waals surface area contributed by atoms with Crippen LogP contribution in [0, 0.1) is 12.3 Å². The number of hydrogen-bond donors (Lipinski definition) is 2. The van der Waals surface area contributed by atoms with Gasteiger partial charge in [0.05, 0.1) is 25.0 Å². The second-order valence-corrected chi connectivity index (χ2v) is 6.41. The van der Waals surface area contributed by atoms with Crippen molar-refractivity contribution in [1.29, 1.82) is 0 Å². The lowest BCUT2D eigenvalue weighted by molar-refractivity contribution is -0.126. The SMILES string of the molecule is C#CCOc1c(Cl)cc(C=NNC(=O)CC(=O)Nc2cccc(OC)c2)cc1OCC. The number of nitrogens with zero attached hydrogens (tertiary/aromatic N) is 1. The minimum atomic E-state index is -0.582. The number of benzene rings is 2. The van der Waals surface area contributed by atoms with Crippen LogP contribution in [0.1, 0.15) is 18.9 Å². The summed E-state index contributed by atoms with van der Waals surface area (Å²) in [6.07, 6.45) is 6.18. The van der Waals surface area contributed by atoms with Crippen molar-refractivity contribution in [3.63, 3.8) is 0 Å². The summed E-state index contributed by atoms with van der Waals surface area (Å²) in [6, 6.07) is 10.0. The van der Waals surface area contributed by atoms with Gasteiger partial charge in [-0.05, 0) is 36.8 Å². The summed E-state index contributed by atoms with van der Waals surface area (Å²) in [7, 11) is 1.52. The predicted molar refractivity (Wildman–Crippen MR) is 119 cm³/mol. The number of halogens is 1. The molecule has 9 heteroatoms. The van der Waals surface area contributed by atoms with Gasteiger partial charge in [0, 0.05) is 11.8 Å². The van der Waals surface area contributed by atoms with E-state index in [1.807, 2.05) is 6.92 Å². The van der Waals surface area contributed by atoms with Crippen LogP contribution in [0.5, 0.6) is 17.2 Å². The lowest BCUT2D eigenvalue weighted by Crippen LogP contribution is -2.24. The Kier molecular flexibility index (Phi) is 9.20. The molecule has 0 heterocycles. The number of hydrazone groups is 1. The third-order valence-corrected chi connectivity index (χ3v) is 3.99. The van der Waals surface area contributed by atoms with Crippen LogP contribution in [-0.2, 0) is 9.59 Å². The van der Waals surface area contributed by atoms with E-state index in [4.69, 9.17) is 32.2 Å². The number of anilines is 1. The molecule has 2 amide bonds. The summed E-state index contributed by atoms with van der Waals surface area (Å²) in [4.78, 5) is 24.0. The molecule has 31 heavy (non-hydrogen) atoms. The highest BCUT2D eigenvalue weighted by Crippen LogP contribution is 2.36. The van der Waals surface area contributed by atoms with E-state index >= 15 is 0 Å². The molecule has 0 aromatic heterocycles. The molecular weight excluding hydrogens is 422 g/mol. The van der Waals surface area contributed by atoms with Crippen LogP contribution in [0.3, 0.4) is 0 Å². The number of methoxy groups -OCH3 is 1. The second-order valence-electron chi connectivity index (χ2n) is 6.01. The molecule has 8 nitrogen and oxygen atoms in total. The van der Waals surface area contributed by atoms with Crippen molar-refractivity contribution in [2.45, 2.75) is 13.3 Å². The van der Waals surface area contributed by atoms with Gasteiger partial charge in [-0.1, -0.05) is 23.6 Å². The van der Waals surface area contributed by atoms with Gasteiger partial charge in [-0.3, -0.25) is 9.59 Å². The Hall–Kier alpha value is -3.70. The van der Waals surface area contributed by atoms with Crippen LogP contribution < -0.4 is 25.0 Å². The van der Waals surface area contributed by atoms with Gasteiger partial charge in [-0.25, -0.2) is 5.43 Å². The zero-order valence-electron chi connectivity index (χ0n) is 17.1. The number of ether oxygens (including phenoxy) is 3. The topological polar surface area (TPSA) is 98.2 Å². The Morgan fingerprint density at radius 3 is 2.74 bits per heavy atom. The predicted octanol–water partition coefficient (Wildman–Crippen LogP) is 3.24. The normalized spacial score (nSPS) is 10.3. The Labute approximate surface area is 185 Å². The first-order chi connectivity index (χ1) is 15.0. The van der Waals surface area contributed by atoms with Crippen molar-refractivity contribution in [3.8, 4) is 29.6 Å². The third-order valence-electron chi connectivity index (χ3n) is 3.71. The summed E-state index contributed by atoms with van der Waals surface area (Å²) in [5.41, 5.74) is 3.37. The Morgan fingerprint density at radius 1 is 1.23 bits per heavy atom. The van der Waals surface area contributed by atoms with Gasteiger partial charge < -0.3 is 19.5 Å². The van der Waals surface area contributed by atoms with Gasteiger partial charge in [-0.2, -0.15) is 5.10 Å². The Balaban J connectivity index is 1.95. The minimum absolute atomic E-state index is 0.0428. The molecule has 0 atom stereocenters. The summed E-state index contributed by atoms with van der Waals surface area (Å²) in [5.74, 6) is 2.61. The fourth-order valence-corrected chi connectivity index (χ4v) is 2.72. The van der Waals surface area contributed by atoms with Crippen molar-refractivity contribution in [1.82, 2.24) is 5.43 Å². The molecule has 2 aromatic rings. The van der Waals surface area contributed by atoms with Gasteiger partial charge in [0.25, 0.3) is 0 Å². The van der Waals surface area contributed by atoms with Crippen LogP contribution in [0.25, 0.3) is 0 Å². The van der Waals surface area contributed by atoms with Crippen molar-refractivity contribution in [3.05, 3.63) is 47.0 Å². The van der Waals surface area contributed by atoms with Crippen molar-refractivity contribution < 1.29 is 23.8 Å². The van der Waals surface area contributed by atoms with E-state index in [0.29, 0.717) is 35.1 Å². The zero-order valence-corrected chi connectivity index (χ0v) is 17.9. The number of hydrogen-bond acceptors (Lipinski definition) is 6. The lowest BCUT2D eigenvalue weighted by atomic mass is 10.2. The first kappa shape index (κ1) is 23.6. The van der Waals surface area contributed by atoms with Crippen molar-refractivity contribution >= 4 is 35.3 Å². The van der Waals surface area contributed by atoms with Crippen molar-refractivity contribution in [2.75, 3.05) is 25.6 Å². The Bertz CT molecular complexity index is 1000. The van der Waals surface area contributed by atoms with E-state index in [-0.39, 0.29) is 11.6 Å². The third kappa shape index (κ3) is 7.57. The molecule has 2 N–H and O–H groups in total. The molecule has 162 valence electrons. The molecule has 0 radical (unpaired) electrons. The number of nitrogens with one attached hydrogen (secondary N) is 2. The summed E-state index contributed by atoms with van der Waals surface area (Å²) < 4.78 is 16.0. The van der Waals surface area contributed by atoms with E-state index in [0.717, 1.165) is 0 Å². The first-order valence-electron chi connectivity index (χ1n) is 9.25. The van der Waals surface area contributed by atoms with Gasteiger partial charge >= 0.3 is 0 Å². The van der Waals surface area contributed by atoms with Crippen LogP contribution in [0.4, 0.5) is 5.69 Å². The maximum atomic E-state index is 12.0. The monoisotopic (exact) mass is 443 g/mol. The fourth-order valence-electron chi connectivity index (χ4n) is 2.45. The maximum Gasteiger partial charge on any atom is 0.249 e.